The van der Waals surface area contributed by atoms with E-state index in [1.165, 1.54) is 0 Å². The van der Waals surface area contributed by atoms with E-state index in [-0.39, 0.29) is 0 Å². The summed E-state index contributed by atoms with van der Waals surface area (Å²) in [6, 6.07) is 5.32. The minimum atomic E-state index is -0.937. The first kappa shape index (κ1) is 15.7. The monoisotopic (exact) mass is 292 g/mol. The topological polar surface area (TPSA) is 38.7 Å². The van der Waals surface area contributed by atoms with Crippen molar-refractivity contribution in [2.24, 2.45) is 0 Å². The molecule has 0 radical (unpaired) electrons. The molecule has 0 heterocycles. The maximum Gasteiger partial charge on any atom is 0.159 e. The van der Waals surface area contributed by atoms with E-state index in [0.29, 0.717) is 22.9 Å². The predicted octanol–water partition coefficient (Wildman–Crippen LogP) is 3.30. The summed E-state index contributed by atoms with van der Waals surface area (Å²) < 4.78 is 10.2. The van der Waals surface area contributed by atoms with E-state index in [1.54, 1.807) is 33.3 Å². The molecule has 1 atom stereocenters. The van der Waals surface area contributed by atoms with E-state index in [1.807, 2.05) is 6.07 Å². The smallest absolute Gasteiger partial charge is 0.159 e. The van der Waals surface area contributed by atoms with Gasteiger partial charge in [0, 0.05) is 27.1 Å². The highest BCUT2D eigenvalue weighted by Gasteiger charge is 2.26. The van der Waals surface area contributed by atoms with Gasteiger partial charge in [-0.3, -0.25) is 0 Å². The maximum absolute atomic E-state index is 10.3. The standard InChI is InChI=1S/C13H18Cl2O3/c1-13(16,8-12(17-2)18-3)7-9-4-5-10(14)11(15)6-9/h4-6,12,16H,7-8H2,1-3H3. The Morgan fingerprint density at radius 2 is 1.83 bits per heavy atom. The number of rotatable bonds is 6. The van der Waals surface area contributed by atoms with Crippen LogP contribution < -0.4 is 0 Å². The SMILES string of the molecule is COC(CC(C)(O)Cc1ccc(Cl)c(Cl)c1)OC. The molecule has 0 saturated carbocycles. The predicted molar refractivity (Wildman–Crippen MR) is 73.2 cm³/mol. The Labute approximate surface area is 118 Å². The van der Waals surface area contributed by atoms with Crippen molar-refractivity contribution in [2.45, 2.75) is 31.7 Å². The number of methoxy groups -OCH3 is 2. The number of benzene rings is 1. The van der Waals surface area contributed by atoms with Gasteiger partial charge >= 0.3 is 0 Å². The summed E-state index contributed by atoms with van der Waals surface area (Å²) in [5.74, 6) is 0. The summed E-state index contributed by atoms with van der Waals surface area (Å²) >= 11 is 11.8. The third kappa shape index (κ3) is 4.75. The average Bonchev–Trinajstić information content (AvgIpc) is 2.30. The summed E-state index contributed by atoms with van der Waals surface area (Å²) in [6.45, 7) is 1.74. The fraction of sp³-hybridized carbons (Fsp3) is 0.538. The number of aliphatic hydroxyl groups is 1. The van der Waals surface area contributed by atoms with Crippen molar-refractivity contribution in [3.05, 3.63) is 33.8 Å². The van der Waals surface area contributed by atoms with E-state index >= 15 is 0 Å². The third-order valence-electron chi connectivity index (χ3n) is 2.70. The molecule has 0 fully saturated rings. The normalized spacial score (nSPS) is 14.8. The molecule has 1 aromatic rings. The van der Waals surface area contributed by atoms with Gasteiger partial charge in [-0.2, -0.15) is 0 Å². The summed E-state index contributed by atoms with van der Waals surface area (Å²) in [5.41, 5.74) is -0.0197. The molecule has 0 spiro atoms. The quantitative estimate of drug-likeness (QED) is 0.818. The zero-order valence-electron chi connectivity index (χ0n) is 10.7. The summed E-state index contributed by atoms with van der Waals surface area (Å²) in [5, 5.41) is 11.3. The van der Waals surface area contributed by atoms with Crippen molar-refractivity contribution in [1.29, 1.82) is 0 Å². The van der Waals surface area contributed by atoms with Gasteiger partial charge in [0.2, 0.25) is 0 Å². The summed E-state index contributed by atoms with van der Waals surface area (Å²) in [7, 11) is 3.09. The number of ether oxygens (including phenoxy) is 2. The van der Waals surface area contributed by atoms with Crippen molar-refractivity contribution < 1.29 is 14.6 Å². The van der Waals surface area contributed by atoms with Gasteiger partial charge in [0.05, 0.1) is 15.6 Å². The minimum Gasteiger partial charge on any atom is -0.390 e. The molecule has 0 saturated heterocycles. The van der Waals surface area contributed by atoms with Crippen LogP contribution >= 0.6 is 23.2 Å². The lowest BCUT2D eigenvalue weighted by Crippen LogP contribution is -2.34. The summed E-state index contributed by atoms with van der Waals surface area (Å²) in [4.78, 5) is 0. The summed E-state index contributed by atoms with van der Waals surface area (Å²) in [6.07, 6.45) is 0.399. The minimum absolute atomic E-state index is 0.375. The second-order valence-electron chi connectivity index (χ2n) is 4.53. The van der Waals surface area contributed by atoms with Crippen LogP contribution in [0.5, 0.6) is 0 Å². The Morgan fingerprint density at radius 3 is 2.33 bits per heavy atom. The van der Waals surface area contributed by atoms with Crippen LogP contribution in [0.25, 0.3) is 0 Å². The molecular weight excluding hydrogens is 275 g/mol. The molecule has 5 heteroatoms. The number of halogens is 2. The first-order chi connectivity index (χ1) is 8.38. The Morgan fingerprint density at radius 1 is 1.22 bits per heavy atom. The Balaban J connectivity index is 2.72. The van der Waals surface area contributed by atoms with Crippen molar-refractivity contribution in [1.82, 2.24) is 0 Å². The molecule has 18 heavy (non-hydrogen) atoms. The van der Waals surface area contributed by atoms with Crippen LogP contribution in [0, 0.1) is 0 Å². The molecule has 0 aliphatic heterocycles. The van der Waals surface area contributed by atoms with E-state index in [0.717, 1.165) is 5.56 Å². The van der Waals surface area contributed by atoms with Gasteiger partial charge in [-0.25, -0.2) is 0 Å². The molecular formula is C13H18Cl2O3. The second kappa shape index (κ2) is 6.73. The van der Waals surface area contributed by atoms with Gasteiger partial charge in [-0.05, 0) is 24.6 Å². The van der Waals surface area contributed by atoms with Gasteiger partial charge in [0.15, 0.2) is 6.29 Å². The highest BCUT2D eigenvalue weighted by atomic mass is 35.5. The highest BCUT2D eigenvalue weighted by Crippen LogP contribution is 2.26. The fourth-order valence-electron chi connectivity index (χ4n) is 1.78. The van der Waals surface area contributed by atoms with Gasteiger partial charge in [-0.15, -0.1) is 0 Å². The maximum atomic E-state index is 10.3. The van der Waals surface area contributed by atoms with E-state index in [4.69, 9.17) is 32.7 Å². The fourth-order valence-corrected chi connectivity index (χ4v) is 2.10. The van der Waals surface area contributed by atoms with Crippen molar-refractivity contribution >= 4 is 23.2 Å². The Hall–Kier alpha value is -0.320. The molecule has 0 bridgehead atoms. The van der Waals surface area contributed by atoms with E-state index < -0.39 is 11.9 Å². The molecule has 102 valence electrons. The zero-order chi connectivity index (χ0) is 13.8. The molecule has 0 aromatic heterocycles. The van der Waals surface area contributed by atoms with Crippen LogP contribution in [0.4, 0.5) is 0 Å². The number of hydrogen-bond donors (Lipinski definition) is 1. The average molecular weight is 293 g/mol. The van der Waals surface area contributed by atoms with Crippen LogP contribution in [0.1, 0.15) is 18.9 Å². The molecule has 1 unspecified atom stereocenters. The molecule has 3 nitrogen and oxygen atoms in total. The first-order valence-electron chi connectivity index (χ1n) is 5.60. The van der Waals surface area contributed by atoms with Crippen molar-refractivity contribution in [3.8, 4) is 0 Å². The van der Waals surface area contributed by atoms with Gasteiger partial charge in [0.25, 0.3) is 0 Å². The molecule has 0 aliphatic rings. The molecule has 1 aromatic carbocycles. The first-order valence-corrected chi connectivity index (χ1v) is 6.35. The lowest BCUT2D eigenvalue weighted by molar-refractivity contribution is -0.139. The van der Waals surface area contributed by atoms with Crippen molar-refractivity contribution in [3.63, 3.8) is 0 Å². The van der Waals surface area contributed by atoms with Gasteiger partial charge in [-0.1, -0.05) is 29.3 Å². The molecule has 1 rings (SSSR count). The Bertz CT molecular complexity index is 390. The Kier molecular flexibility index (Phi) is 5.89. The molecule has 0 aliphatic carbocycles. The van der Waals surface area contributed by atoms with Crippen LogP contribution in [0.3, 0.4) is 0 Å². The lowest BCUT2D eigenvalue weighted by atomic mass is 9.93. The second-order valence-corrected chi connectivity index (χ2v) is 5.34. The third-order valence-corrected chi connectivity index (χ3v) is 3.44. The molecule has 0 amide bonds. The zero-order valence-corrected chi connectivity index (χ0v) is 12.3. The van der Waals surface area contributed by atoms with Crippen LogP contribution in [-0.4, -0.2) is 31.2 Å². The van der Waals surface area contributed by atoms with Crippen LogP contribution in [0.2, 0.25) is 10.0 Å². The van der Waals surface area contributed by atoms with Crippen LogP contribution in [0.15, 0.2) is 18.2 Å². The van der Waals surface area contributed by atoms with E-state index in [2.05, 4.69) is 0 Å². The molecule has 1 N–H and O–H groups in total. The largest absolute Gasteiger partial charge is 0.390 e. The van der Waals surface area contributed by atoms with Crippen LogP contribution in [-0.2, 0) is 15.9 Å². The number of hydrogen-bond acceptors (Lipinski definition) is 3. The lowest BCUT2D eigenvalue weighted by Gasteiger charge is -2.27. The van der Waals surface area contributed by atoms with Gasteiger partial charge in [0.1, 0.15) is 0 Å². The van der Waals surface area contributed by atoms with E-state index in [9.17, 15) is 5.11 Å². The highest BCUT2D eigenvalue weighted by molar-refractivity contribution is 6.42. The van der Waals surface area contributed by atoms with Gasteiger partial charge < -0.3 is 14.6 Å². The van der Waals surface area contributed by atoms with Crippen molar-refractivity contribution in [2.75, 3.05) is 14.2 Å².